The van der Waals surface area contributed by atoms with E-state index in [0.29, 0.717) is 23.8 Å². The lowest BCUT2D eigenvalue weighted by Gasteiger charge is -2.10. The summed E-state index contributed by atoms with van der Waals surface area (Å²) in [5, 5.41) is 0. The summed E-state index contributed by atoms with van der Waals surface area (Å²) in [6.45, 7) is 2.17. The first kappa shape index (κ1) is 20.6. The molecule has 0 N–H and O–H groups in total. The zero-order valence-corrected chi connectivity index (χ0v) is 15.8. The van der Waals surface area contributed by atoms with Gasteiger partial charge >= 0.3 is 5.97 Å². The molecule has 0 aliphatic rings. The molecular weight excluding hydrogens is 340 g/mol. The van der Waals surface area contributed by atoms with Crippen LogP contribution in [0, 0.1) is 0 Å². The highest BCUT2D eigenvalue weighted by molar-refractivity contribution is 6.14. The van der Waals surface area contributed by atoms with E-state index in [0.717, 1.165) is 19.3 Å². The van der Waals surface area contributed by atoms with Crippen LogP contribution >= 0.6 is 0 Å². The van der Waals surface area contributed by atoms with E-state index in [1.165, 1.54) is 19.3 Å². The minimum absolute atomic E-state index is 0.235. The second-order valence-corrected chi connectivity index (χ2v) is 6.52. The Morgan fingerprint density at radius 1 is 0.852 bits per heavy atom. The number of para-hydroxylation sites is 1. The van der Waals surface area contributed by atoms with E-state index in [1.54, 1.807) is 48.5 Å². The standard InChI is InChI=1S/C23H26O4/c1-2-3-4-5-6-7-16-22(25)27-21-15-11-10-14-20(21)23(26)19-13-9-8-12-18(19)17-24/h8-15,17H,2-7,16H2,1H3. The summed E-state index contributed by atoms with van der Waals surface area (Å²) in [7, 11) is 0. The lowest BCUT2D eigenvalue weighted by atomic mass is 9.98. The Morgan fingerprint density at radius 3 is 2.22 bits per heavy atom. The highest BCUT2D eigenvalue weighted by Gasteiger charge is 2.18. The number of carbonyl (C=O) groups is 3. The summed E-state index contributed by atoms with van der Waals surface area (Å²) in [5.41, 5.74) is 0.894. The van der Waals surface area contributed by atoms with Crippen LogP contribution in [0.4, 0.5) is 0 Å². The first-order chi connectivity index (χ1) is 13.2. The fourth-order valence-electron chi connectivity index (χ4n) is 2.92. The third-order valence-electron chi connectivity index (χ3n) is 4.42. The second kappa shape index (κ2) is 11.1. The SMILES string of the molecule is CCCCCCCCC(=O)Oc1ccccc1C(=O)c1ccccc1C=O. The number of esters is 1. The summed E-state index contributed by atoms with van der Waals surface area (Å²) in [6, 6.07) is 13.2. The number of hydrogen-bond acceptors (Lipinski definition) is 4. The van der Waals surface area contributed by atoms with Crippen molar-refractivity contribution in [3.63, 3.8) is 0 Å². The van der Waals surface area contributed by atoms with Crippen molar-refractivity contribution in [2.24, 2.45) is 0 Å². The second-order valence-electron chi connectivity index (χ2n) is 6.52. The van der Waals surface area contributed by atoms with Crippen LogP contribution in [0.15, 0.2) is 48.5 Å². The van der Waals surface area contributed by atoms with Crippen molar-refractivity contribution in [3.8, 4) is 5.75 Å². The summed E-state index contributed by atoms with van der Waals surface area (Å²) < 4.78 is 5.44. The van der Waals surface area contributed by atoms with Gasteiger partial charge in [0.1, 0.15) is 5.75 Å². The van der Waals surface area contributed by atoms with Gasteiger partial charge in [-0.3, -0.25) is 14.4 Å². The molecule has 0 aromatic heterocycles. The summed E-state index contributed by atoms with van der Waals surface area (Å²) in [5.74, 6) is -0.436. The molecular formula is C23H26O4. The Bertz CT molecular complexity index is 779. The molecule has 0 fully saturated rings. The molecule has 0 amide bonds. The molecule has 4 nitrogen and oxygen atoms in total. The summed E-state index contributed by atoms with van der Waals surface area (Å²) in [4.78, 5) is 36.2. The molecule has 0 aliphatic carbocycles. The van der Waals surface area contributed by atoms with Gasteiger partial charge in [0.05, 0.1) is 5.56 Å². The average Bonchev–Trinajstić information content (AvgIpc) is 2.70. The van der Waals surface area contributed by atoms with Gasteiger partial charge in [0.25, 0.3) is 0 Å². The normalized spacial score (nSPS) is 10.4. The van der Waals surface area contributed by atoms with Crippen LogP contribution in [0.25, 0.3) is 0 Å². The molecule has 0 radical (unpaired) electrons. The van der Waals surface area contributed by atoms with Crippen LogP contribution in [0.2, 0.25) is 0 Å². The van der Waals surface area contributed by atoms with Gasteiger partial charge in [-0.2, -0.15) is 0 Å². The lowest BCUT2D eigenvalue weighted by Crippen LogP contribution is -2.12. The lowest BCUT2D eigenvalue weighted by molar-refractivity contribution is -0.134. The maximum absolute atomic E-state index is 12.8. The molecule has 0 unspecified atom stereocenters. The van der Waals surface area contributed by atoms with E-state index >= 15 is 0 Å². The third kappa shape index (κ3) is 6.17. The zero-order chi connectivity index (χ0) is 19.5. The molecule has 27 heavy (non-hydrogen) atoms. The van der Waals surface area contributed by atoms with Gasteiger partial charge in [-0.05, 0) is 18.6 Å². The Morgan fingerprint density at radius 2 is 1.48 bits per heavy atom. The predicted molar refractivity (Wildman–Crippen MR) is 105 cm³/mol. The fraction of sp³-hybridized carbons (Fsp3) is 0.348. The third-order valence-corrected chi connectivity index (χ3v) is 4.42. The van der Waals surface area contributed by atoms with Crippen LogP contribution in [0.5, 0.6) is 5.75 Å². The van der Waals surface area contributed by atoms with Gasteiger partial charge in [0, 0.05) is 17.5 Å². The Hall–Kier alpha value is -2.75. The van der Waals surface area contributed by atoms with Crippen molar-refractivity contribution in [2.75, 3.05) is 0 Å². The average molecular weight is 366 g/mol. The summed E-state index contributed by atoms with van der Waals surface area (Å²) in [6.07, 6.45) is 7.51. The smallest absolute Gasteiger partial charge is 0.311 e. The highest BCUT2D eigenvalue weighted by atomic mass is 16.5. The van der Waals surface area contributed by atoms with Crippen molar-refractivity contribution in [1.29, 1.82) is 0 Å². The van der Waals surface area contributed by atoms with E-state index in [9.17, 15) is 14.4 Å². The van der Waals surface area contributed by atoms with E-state index in [1.807, 2.05) is 0 Å². The largest absolute Gasteiger partial charge is 0.426 e. The maximum Gasteiger partial charge on any atom is 0.311 e. The molecule has 0 saturated carbocycles. The van der Waals surface area contributed by atoms with E-state index in [2.05, 4.69) is 6.92 Å². The molecule has 2 rings (SSSR count). The van der Waals surface area contributed by atoms with Crippen LogP contribution in [0.1, 0.15) is 78.1 Å². The molecule has 142 valence electrons. The van der Waals surface area contributed by atoms with Crippen molar-refractivity contribution in [2.45, 2.75) is 51.9 Å². The fourth-order valence-corrected chi connectivity index (χ4v) is 2.92. The summed E-state index contributed by atoms with van der Waals surface area (Å²) >= 11 is 0. The van der Waals surface area contributed by atoms with Crippen molar-refractivity contribution in [3.05, 3.63) is 65.2 Å². The Kier molecular flexibility index (Phi) is 8.43. The number of ether oxygens (including phenoxy) is 1. The van der Waals surface area contributed by atoms with Gasteiger partial charge in [0.15, 0.2) is 12.1 Å². The molecule has 2 aromatic carbocycles. The predicted octanol–water partition coefficient (Wildman–Crippen LogP) is 5.39. The van der Waals surface area contributed by atoms with Crippen LogP contribution in [-0.2, 0) is 4.79 Å². The number of unbranched alkanes of at least 4 members (excludes halogenated alkanes) is 5. The monoisotopic (exact) mass is 366 g/mol. The number of ketones is 1. The number of benzene rings is 2. The van der Waals surface area contributed by atoms with E-state index in [4.69, 9.17) is 4.74 Å². The molecule has 2 aromatic rings. The molecule has 0 aliphatic heterocycles. The van der Waals surface area contributed by atoms with Crippen LogP contribution < -0.4 is 4.74 Å². The highest BCUT2D eigenvalue weighted by Crippen LogP contribution is 2.23. The van der Waals surface area contributed by atoms with E-state index < -0.39 is 0 Å². The Balaban J connectivity index is 2.02. The molecule has 0 heterocycles. The van der Waals surface area contributed by atoms with Crippen LogP contribution in [0.3, 0.4) is 0 Å². The first-order valence-corrected chi connectivity index (χ1v) is 9.56. The van der Waals surface area contributed by atoms with Crippen molar-refractivity contribution < 1.29 is 19.1 Å². The minimum Gasteiger partial charge on any atom is -0.426 e. The first-order valence-electron chi connectivity index (χ1n) is 9.56. The molecule has 0 bridgehead atoms. The number of aldehydes is 1. The maximum atomic E-state index is 12.8. The topological polar surface area (TPSA) is 60.4 Å². The van der Waals surface area contributed by atoms with Gasteiger partial charge in [-0.25, -0.2) is 0 Å². The minimum atomic E-state index is -0.339. The van der Waals surface area contributed by atoms with Gasteiger partial charge in [0.2, 0.25) is 0 Å². The van der Waals surface area contributed by atoms with E-state index in [-0.39, 0.29) is 23.1 Å². The number of rotatable bonds is 11. The molecule has 0 saturated heterocycles. The zero-order valence-electron chi connectivity index (χ0n) is 15.8. The van der Waals surface area contributed by atoms with Crippen LogP contribution in [-0.4, -0.2) is 18.0 Å². The quantitative estimate of drug-likeness (QED) is 0.176. The van der Waals surface area contributed by atoms with Gasteiger partial charge in [-0.1, -0.05) is 75.4 Å². The Labute approximate surface area is 160 Å². The van der Waals surface area contributed by atoms with Crippen molar-refractivity contribution in [1.82, 2.24) is 0 Å². The van der Waals surface area contributed by atoms with Gasteiger partial charge < -0.3 is 4.74 Å². The molecule has 0 spiro atoms. The molecule has 0 atom stereocenters. The van der Waals surface area contributed by atoms with Crippen molar-refractivity contribution >= 4 is 18.0 Å². The number of hydrogen-bond donors (Lipinski definition) is 0. The molecule has 4 heteroatoms. The number of carbonyl (C=O) groups excluding carboxylic acids is 3. The van der Waals surface area contributed by atoms with Gasteiger partial charge in [-0.15, -0.1) is 0 Å².